The highest BCUT2D eigenvalue weighted by molar-refractivity contribution is 5.78. The van der Waals surface area contributed by atoms with Crippen molar-refractivity contribution in [3.8, 4) is 0 Å². The Morgan fingerprint density at radius 1 is 1.07 bits per heavy atom. The quantitative estimate of drug-likeness (QED) is 0.482. The summed E-state index contributed by atoms with van der Waals surface area (Å²) in [6.07, 6.45) is 11.1. The maximum absolute atomic E-state index is 3.46. The summed E-state index contributed by atoms with van der Waals surface area (Å²) < 4.78 is 2.36. The third-order valence-corrected chi connectivity index (χ3v) is 3.25. The van der Waals surface area contributed by atoms with Gasteiger partial charge in [0, 0.05) is 6.42 Å². The second kappa shape index (κ2) is 7.72. The van der Waals surface area contributed by atoms with Crippen LogP contribution in [0.2, 0.25) is 0 Å². The molecule has 0 fully saturated rings. The number of hydrogen-bond acceptors (Lipinski definition) is 1. The maximum Gasteiger partial charge on any atom is 0.244 e. The first-order chi connectivity index (χ1) is 7.34. The highest BCUT2D eigenvalue weighted by Gasteiger charge is 2.15. The average Bonchev–Trinajstić information content (AvgIpc) is 2.63. The monoisotopic (exact) mass is 211 g/mol. The molecule has 15 heavy (non-hydrogen) atoms. The van der Waals surface area contributed by atoms with Crippen LogP contribution in [0.4, 0.5) is 0 Å². The molecule has 1 rings (SSSR count). The smallest absolute Gasteiger partial charge is 0.244 e. The van der Waals surface area contributed by atoms with Gasteiger partial charge in [0.25, 0.3) is 0 Å². The lowest BCUT2D eigenvalue weighted by Gasteiger charge is -2.00. The van der Waals surface area contributed by atoms with Gasteiger partial charge in [0.05, 0.1) is 7.05 Å². The van der Waals surface area contributed by atoms with Gasteiger partial charge in [-0.25, -0.2) is 0 Å². The lowest BCUT2D eigenvalue weighted by atomic mass is 10.1. The number of amidine groups is 1. The third kappa shape index (κ3) is 5.19. The number of hydrogen-bond donors (Lipinski definition) is 1. The van der Waals surface area contributed by atoms with E-state index in [1.54, 1.807) is 0 Å². The van der Waals surface area contributed by atoms with Crippen LogP contribution in [0.5, 0.6) is 0 Å². The van der Waals surface area contributed by atoms with Crippen LogP contribution in [0.3, 0.4) is 0 Å². The molecule has 0 aliphatic carbocycles. The predicted octanol–water partition coefficient (Wildman–Crippen LogP) is 2.77. The Bertz CT molecular complexity index is 197. The average molecular weight is 211 g/mol. The van der Waals surface area contributed by atoms with Gasteiger partial charge in [0.15, 0.2) is 0 Å². The Kier molecular flexibility index (Phi) is 6.45. The maximum atomic E-state index is 3.46. The van der Waals surface area contributed by atoms with Crippen LogP contribution >= 0.6 is 0 Å². The van der Waals surface area contributed by atoms with E-state index >= 15 is 0 Å². The summed E-state index contributed by atoms with van der Waals surface area (Å²) in [6, 6.07) is 0. The van der Waals surface area contributed by atoms with Gasteiger partial charge in [-0.1, -0.05) is 45.4 Å². The zero-order valence-corrected chi connectivity index (χ0v) is 10.5. The number of likely N-dealkylation sites (N-methyl/N-ethyl adjacent to an activating group) is 1. The van der Waals surface area contributed by atoms with E-state index in [4.69, 9.17) is 0 Å². The fraction of sp³-hybridized carbons (Fsp3) is 0.923. The van der Waals surface area contributed by atoms with Gasteiger partial charge in [0.2, 0.25) is 5.84 Å². The van der Waals surface area contributed by atoms with Crippen molar-refractivity contribution in [2.24, 2.45) is 0 Å². The van der Waals surface area contributed by atoms with E-state index in [0.717, 1.165) is 6.54 Å². The molecule has 0 saturated heterocycles. The van der Waals surface area contributed by atoms with E-state index in [1.807, 2.05) is 0 Å². The van der Waals surface area contributed by atoms with Crippen molar-refractivity contribution in [3.05, 3.63) is 0 Å². The molecular formula is C13H27N2+. The Morgan fingerprint density at radius 3 is 2.33 bits per heavy atom. The second-order valence-electron chi connectivity index (χ2n) is 4.67. The van der Waals surface area contributed by atoms with Gasteiger partial charge in [-0.2, -0.15) is 0 Å². The minimum Gasteiger partial charge on any atom is -0.274 e. The van der Waals surface area contributed by atoms with Crippen molar-refractivity contribution in [3.63, 3.8) is 0 Å². The van der Waals surface area contributed by atoms with Crippen LogP contribution in [0.1, 0.15) is 58.3 Å². The normalized spacial score (nSPS) is 15.9. The minimum absolute atomic E-state index is 1.14. The van der Waals surface area contributed by atoms with Gasteiger partial charge in [-0.05, 0) is 6.42 Å². The third-order valence-electron chi connectivity index (χ3n) is 3.25. The molecule has 0 bridgehead atoms. The molecule has 1 aliphatic rings. The van der Waals surface area contributed by atoms with Gasteiger partial charge in [0.1, 0.15) is 13.1 Å². The largest absolute Gasteiger partial charge is 0.274 e. The first-order valence-corrected chi connectivity index (χ1v) is 6.65. The van der Waals surface area contributed by atoms with Gasteiger partial charge >= 0.3 is 0 Å². The van der Waals surface area contributed by atoms with Gasteiger partial charge in [-0.15, -0.1) is 0 Å². The van der Waals surface area contributed by atoms with Crippen LogP contribution in [0, 0.1) is 0 Å². The molecule has 0 radical (unpaired) electrons. The molecular weight excluding hydrogens is 184 g/mol. The lowest BCUT2D eigenvalue weighted by molar-refractivity contribution is -0.487. The molecule has 1 aliphatic heterocycles. The van der Waals surface area contributed by atoms with Crippen molar-refractivity contribution in [2.45, 2.75) is 58.3 Å². The summed E-state index contributed by atoms with van der Waals surface area (Å²) >= 11 is 0. The van der Waals surface area contributed by atoms with E-state index in [-0.39, 0.29) is 0 Å². The molecule has 0 unspecified atom stereocenters. The Hall–Kier alpha value is -0.530. The van der Waals surface area contributed by atoms with E-state index < -0.39 is 0 Å². The molecule has 0 spiro atoms. The topological polar surface area (TPSA) is 15.0 Å². The summed E-state index contributed by atoms with van der Waals surface area (Å²) in [6.45, 7) is 4.60. The molecule has 0 aromatic heterocycles. The van der Waals surface area contributed by atoms with Crippen LogP contribution in [-0.2, 0) is 0 Å². The summed E-state index contributed by atoms with van der Waals surface area (Å²) in [7, 11) is 2.19. The van der Waals surface area contributed by atoms with Crippen LogP contribution in [0.25, 0.3) is 0 Å². The van der Waals surface area contributed by atoms with Crippen molar-refractivity contribution < 1.29 is 4.58 Å². The Labute approximate surface area is 94.8 Å². The predicted molar refractivity (Wildman–Crippen MR) is 66.7 cm³/mol. The van der Waals surface area contributed by atoms with Crippen molar-refractivity contribution in [1.82, 2.24) is 5.32 Å². The molecule has 2 heteroatoms. The zero-order valence-electron chi connectivity index (χ0n) is 10.5. The molecule has 88 valence electrons. The van der Waals surface area contributed by atoms with E-state index in [1.165, 1.54) is 63.7 Å². The molecule has 0 aromatic rings. The molecule has 2 nitrogen and oxygen atoms in total. The Balaban J connectivity index is 1.91. The summed E-state index contributed by atoms with van der Waals surface area (Å²) in [4.78, 5) is 0. The summed E-state index contributed by atoms with van der Waals surface area (Å²) in [5.41, 5.74) is 0. The number of nitrogens with zero attached hydrogens (tertiary/aromatic N) is 1. The minimum atomic E-state index is 1.14. The van der Waals surface area contributed by atoms with Crippen molar-refractivity contribution in [1.29, 1.82) is 0 Å². The van der Waals surface area contributed by atoms with Crippen molar-refractivity contribution >= 4 is 5.84 Å². The lowest BCUT2D eigenvalue weighted by Crippen LogP contribution is -2.20. The molecule has 0 amide bonds. The molecule has 1 N–H and O–H groups in total. The highest BCUT2D eigenvalue weighted by atomic mass is 15.2. The Morgan fingerprint density at radius 2 is 1.73 bits per heavy atom. The highest BCUT2D eigenvalue weighted by Crippen LogP contribution is 2.08. The molecule has 0 aromatic carbocycles. The van der Waals surface area contributed by atoms with Gasteiger partial charge < -0.3 is 0 Å². The first-order valence-electron chi connectivity index (χ1n) is 6.65. The molecule has 0 saturated carbocycles. The van der Waals surface area contributed by atoms with Crippen molar-refractivity contribution in [2.75, 3.05) is 20.1 Å². The fourth-order valence-electron chi connectivity index (χ4n) is 2.17. The fourth-order valence-corrected chi connectivity index (χ4v) is 2.17. The summed E-state index contributed by atoms with van der Waals surface area (Å²) in [5.74, 6) is 1.46. The van der Waals surface area contributed by atoms with Gasteiger partial charge in [-0.3, -0.25) is 9.89 Å². The number of rotatable bonds is 8. The van der Waals surface area contributed by atoms with E-state index in [0.29, 0.717) is 0 Å². The van der Waals surface area contributed by atoms with E-state index in [2.05, 4.69) is 23.9 Å². The molecule has 1 heterocycles. The number of nitrogens with one attached hydrogen (secondary N) is 1. The second-order valence-corrected chi connectivity index (χ2v) is 4.67. The SMILES string of the molecule is CCCCCCCCCC1=[N+](C)CCN1. The molecule has 0 atom stereocenters. The summed E-state index contributed by atoms with van der Waals surface area (Å²) in [5, 5.41) is 3.46. The first kappa shape index (κ1) is 12.5. The number of unbranched alkanes of at least 4 members (excludes halogenated alkanes) is 6. The standard InChI is InChI=1S/C13H26N2/c1-3-4-5-6-7-8-9-10-13-14-11-12-15(13)2/h3-12H2,1-2H3/p+1. The van der Waals surface area contributed by atoms with E-state index in [9.17, 15) is 0 Å². The van der Waals surface area contributed by atoms with Crippen LogP contribution in [0.15, 0.2) is 0 Å². The van der Waals surface area contributed by atoms with Crippen LogP contribution < -0.4 is 5.32 Å². The van der Waals surface area contributed by atoms with Crippen LogP contribution in [-0.4, -0.2) is 30.5 Å². The zero-order chi connectivity index (χ0) is 10.9.